The summed E-state index contributed by atoms with van der Waals surface area (Å²) in [5, 5.41) is 18.0. The summed E-state index contributed by atoms with van der Waals surface area (Å²) in [6.45, 7) is 9.39. The van der Waals surface area contributed by atoms with Crippen molar-refractivity contribution < 1.29 is 5.11 Å². The second-order valence-electron chi connectivity index (χ2n) is 9.45. The van der Waals surface area contributed by atoms with Crippen LogP contribution in [0.1, 0.15) is 36.9 Å². The third kappa shape index (κ3) is 4.65. The largest absolute Gasteiger partial charge is 0.395 e. The number of benzene rings is 1. The van der Waals surface area contributed by atoms with Crippen molar-refractivity contribution in [1.29, 1.82) is 0 Å². The zero-order valence-corrected chi connectivity index (χ0v) is 20.0. The van der Waals surface area contributed by atoms with Crippen molar-refractivity contribution in [2.45, 2.75) is 32.7 Å². The second kappa shape index (κ2) is 9.44. The quantitative estimate of drug-likeness (QED) is 0.548. The van der Waals surface area contributed by atoms with E-state index in [9.17, 15) is 5.11 Å². The molecule has 0 saturated carbocycles. The number of likely N-dealkylation sites (tertiary alicyclic amines) is 1. The first-order valence-corrected chi connectivity index (χ1v) is 12.2. The molecule has 33 heavy (non-hydrogen) atoms. The number of β-amino-alcohol motifs (C(OH)–C–C–N with tert-alkyl or cyclic N) is 1. The Labute approximate surface area is 199 Å². The molecule has 9 heteroatoms. The predicted octanol–water partition coefficient (Wildman–Crippen LogP) is 3.40. The van der Waals surface area contributed by atoms with Crippen LogP contribution in [0.15, 0.2) is 30.6 Å². The molecule has 2 N–H and O–H groups in total. The average Bonchev–Trinajstić information content (AvgIpc) is 3.22. The minimum Gasteiger partial charge on any atom is -0.395 e. The molecule has 0 amide bonds. The number of anilines is 2. The first-order chi connectivity index (χ1) is 16.0. The summed E-state index contributed by atoms with van der Waals surface area (Å²) >= 11 is 6.51. The Balaban J connectivity index is 1.30. The van der Waals surface area contributed by atoms with Gasteiger partial charge in [-0.25, -0.2) is 0 Å². The molecule has 2 aromatic heterocycles. The van der Waals surface area contributed by atoms with Gasteiger partial charge in [0.15, 0.2) is 0 Å². The van der Waals surface area contributed by atoms with E-state index in [-0.39, 0.29) is 12.6 Å². The van der Waals surface area contributed by atoms with E-state index in [0.29, 0.717) is 17.6 Å². The molecule has 2 fully saturated rings. The Morgan fingerprint density at radius 3 is 2.85 bits per heavy atom. The highest BCUT2D eigenvalue weighted by Gasteiger charge is 2.36. The number of hydrogen-bond donors (Lipinski definition) is 2. The SMILES string of the molecule is Cc1ccc([C@@H](C)Nc2cc(N3CC(C4CCCN(CCO)C4)C3)nc3ncnn23)c(Cl)c1. The van der Waals surface area contributed by atoms with Gasteiger partial charge in [-0.2, -0.15) is 19.6 Å². The van der Waals surface area contributed by atoms with Crippen molar-refractivity contribution in [1.82, 2.24) is 24.5 Å². The van der Waals surface area contributed by atoms with E-state index in [1.165, 1.54) is 19.2 Å². The van der Waals surface area contributed by atoms with Crippen LogP contribution >= 0.6 is 11.6 Å². The van der Waals surface area contributed by atoms with Gasteiger partial charge in [-0.1, -0.05) is 23.7 Å². The van der Waals surface area contributed by atoms with Gasteiger partial charge in [-0.05, 0) is 62.3 Å². The zero-order valence-electron chi connectivity index (χ0n) is 19.3. The molecule has 176 valence electrons. The van der Waals surface area contributed by atoms with Crippen molar-refractivity contribution in [2.75, 3.05) is 49.5 Å². The number of nitrogens with zero attached hydrogens (tertiary/aromatic N) is 6. The minimum atomic E-state index is 0.00429. The molecule has 0 aliphatic carbocycles. The van der Waals surface area contributed by atoms with Gasteiger partial charge in [-0.15, -0.1) is 0 Å². The van der Waals surface area contributed by atoms with Crippen molar-refractivity contribution in [2.24, 2.45) is 11.8 Å². The van der Waals surface area contributed by atoms with Gasteiger partial charge in [0, 0.05) is 37.3 Å². The molecule has 1 aromatic carbocycles. The van der Waals surface area contributed by atoms with Crippen molar-refractivity contribution in [3.8, 4) is 0 Å². The van der Waals surface area contributed by atoms with Gasteiger partial charge in [0.25, 0.3) is 5.78 Å². The number of nitrogens with one attached hydrogen (secondary N) is 1. The van der Waals surface area contributed by atoms with Gasteiger partial charge in [0.2, 0.25) is 0 Å². The normalized spacial score (nSPS) is 20.7. The lowest BCUT2D eigenvalue weighted by Crippen LogP contribution is -2.54. The summed E-state index contributed by atoms with van der Waals surface area (Å²) in [7, 11) is 0. The highest BCUT2D eigenvalue weighted by molar-refractivity contribution is 6.31. The fourth-order valence-corrected chi connectivity index (χ4v) is 5.56. The van der Waals surface area contributed by atoms with E-state index in [2.05, 4.69) is 50.3 Å². The van der Waals surface area contributed by atoms with Crippen LogP contribution in [0, 0.1) is 18.8 Å². The summed E-state index contributed by atoms with van der Waals surface area (Å²) in [5.74, 6) is 3.74. The molecule has 2 aliphatic heterocycles. The van der Waals surface area contributed by atoms with Crippen molar-refractivity contribution >= 4 is 29.0 Å². The second-order valence-corrected chi connectivity index (χ2v) is 9.86. The number of rotatable bonds is 7. The number of halogens is 1. The molecule has 0 bridgehead atoms. The Hall–Kier alpha value is -2.42. The molecule has 2 aliphatic rings. The molecule has 0 radical (unpaired) electrons. The van der Waals surface area contributed by atoms with E-state index in [1.807, 2.05) is 13.0 Å². The Kier molecular flexibility index (Phi) is 6.40. The fourth-order valence-electron chi connectivity index (χ4n) is 5.17. The molecule has 8 nitrogen and oxygen atoms in total. The molecule has 0 spiro atoms. The van der Waals surface area contributed by atoms with Crippen LogP contribution < -0.4 is 10.2 Å². The number of aliphatic hydroxyl groups excluding tert-OH is 1. The number of hydrogen-bond acceptors (Lipinski definition) is 7. The van der Waals surface area contributed by atoms with E-state index >= 15 is 0 Å². The number of aromatic nitrogens is 4. The molecule has 3 aromatic rings. The molecule has 1 unspecified atom stereocenters. The monoisotopic (exact) mass is 469 g/mol. The summed E-state index contributed by atoms with van der Waals surface area (Å²) in [6.07, 6.45) is 4.04. The van der Waals surface area contributed by atoms with Crippen LogP contribution in [0.3, 0.4) is 0 Å². The number of piperidine rings is 1. The maximum Gasteiger partial charge on any atom is 0.256 e. The molecular weight excluding hydrogens is 438 g/mol. The van der Waals surface area contributed by atoms with Crippen LogP contribution in [0.5, 0.6) is 0 Å². The van der Waals surface area contributed by atoms with Gasteiger partial charge >= 0.3 is 0 Å². The van der Waals surface area contributed by atoms with Crippen molar-refractivity contribution in [3.05, 3.63) is 46.7 Å². The Morgan fingerprint density at radius 1 is 1.21 bits per heavy atom. The summed E-state index contributed by atoms with van der Waals surface area (Å²) in [4.78, 5) is 13.8. The van der Waals surface area contributed by atoms with Crippen LogP contribution in [0.25, 0.3) is 5.78 Å². The van der Waals surface area contributed by atoms with Gasteiger partial charge < -0.3 is 20.2 Å². The first-order valence-electron chi connectivity index (χ1n) is 11.8. The average molecular weight is 470 g/mol. The minimum absolute atomic E-state index is 0.00429. The molecular formula is C24H32ClN7O. The van der Waals surface area contributed by atoms with Gasteiger partial charge in [0.1, 0.15) is 18.0 Å². The van der Waals surface area contributed by atoms with Gasteiger partial charge in [-0.3, -0.25) is 0 Å². The maximum absolute atomic E-state index is 9.28. The predicted molar refractivity (Wildman–Crippen MR) is 131 cm³/mol. The Morgan fingerprint density at radius 2 is 2.06 bits per heavy atom. The van der Waals surface area contributed by atoms with E-state index in [1.54, 1.807) is 4.52 Å². The maximum atomic E-state index is 9.28. The van der Waals surface area contributed by atoms with E-state index < -0.39 is 0 Å². The first kappa shape index (κ1) is 22.4. The Bertz CT molecular complexity index is 1110. The number of aliphatic hydroxyl groups is 1. The van der Waals surface area contributed by atoms with Crippen LogP contribution in [0.2, 0.25) is 5.02 Å². The molecule has 2 atom stereocenters. The third-order valence-electron chi connectivity index (χ3n) is 7.08. The molecule has 5 rings (SSSR count). The lowest BCUT2D eigenvalue weighted by atomic mass is 9.80. The van der Waals surface area contributed by atoms with Crippen LogP contribution in [-0.4, -0.2) is 68.9 Å². The number of fused-ring (bicyclic) bond motifs is 1. The fraction of sp³-hybridized carbons (Fsp3) is 0.542. The smallest absolute Gasteiger partial charge is 0.256 e. The van der Waals surface area contributed by atoms with Crippen molar-refractivity contribution in [3.63, 3.8) is 0 Å². The lowest BCUT2D eigenvalue weighted by Gasteiger charge is -2.47. The molecule has 2 saturated heterocycles. The number of aryl methyl sites for hydroxylation is 1. The molecule has 4 heterocycles. The zero-order chi connectivity index (χ0) is 22.9. The highest BCUT2D eigenvalue weighted by Crippen LogP contribution is 2.35. The highest BCUT2D eigenvalue weighted by atomic mass is 35.5. The van der Waals surface area contributed by atoms with Gasteiger partial charge in [0.05, 0.1) is 12.6 Å². The lowest BCUT2D eigenvalue weighted by molar-refractivity contribution is 0.102. The topological polar surface area (TPSA) is 81.8 Å². The summed E-state index contributed by atoms with van der Waals surface area (Å²) < 4.78 is 1.74. The van der Waals surface area contributed by atoms with E-state index in [4.69, 9.17) is 16.6 Å². The van der Waals surface area contributed by atoms with E-state index in [0.717, 1.165) is 60.5 Å². The standard InChI is InChI=1S/C24H32ClN7O/c1-16-5-6-20(21(25)10-16)17(2)28-23-11-22(29-24-26-15-27-32(23)24)31-13-19(14-31)18-4-3-7-30(12-18)8-9-33/h5-6,10-11,15,17-19,28,33H,3-4,7-9,12-14H2,1-2H3/t17-,18?/m1/s1. The van der Waals surface area contributed by atoms with Crippen LogP contribution in [0.4, 0.5) is 11.6 Å². The summed E-state index contributed by atoms with van der Waals surface area (Å²) in [6, 6.07) is 8.21. The van der Waals surface area contributed by atoms with Crippen LogP contribution in [-0.2, 0) is 0 Å². The summed E-state index contributed by atoms with van der Waals surface area (Å²) in [5.41, 5.74) is 2.19. The third-order valence-corrected chi connectivity index (χ3v) is 7.41.